The van der Waals surface area contributed by atoms with Gasteiger partial charge in [-0.1, -0.05) is 91.0 Å². The molecule has 5 nitrogen and oxygen atoms in total. The van der Waals surface area contributed by atoms with Crippen molar-refractivity contribution in [2.45, 2.75) is 20.3 Å². The summed E-state index contributed by atoms with van der Waals surface area (Å²) in [4.78, 5) is 0. The molecule has 0 aliphatic carbocycles. The highest BCUT2D eigenvalue weighted by Gasteiger charge is 2.16. The Morgan fingerprint density at radius 3 is 2.18 bits per heavy atom. The van der Waals surface area contributed by atoms with Crippen LogP contribution in [0.3, 0.4) is 0 Å². The van der Waals surface area contributed by atoms with Gasteiger partial charge in [0.1, 0.15) is 0 Å². The number of benzene rings is 6. The van der Waals surface area contributed by atoms with Crippen LogP contribution in [0, 0.1) is 40.9 Å². The first-order valence-electron chi connectivity index (χ1n) is 16.8. The molecule has 7 rings (SSSR count). The second-order valence-corrected chi connectivity index (χ2v) is 12.4. The normalized spacial score (nSPS) is 11.4. The van der Waals surface area contributed by atoms with Crippen LogP contribution in [-0.2, 0) is 6.42 Å². The van der Waals surface area contributed by atoms with Crippen molar-refractivity contribution < 1.29 is 0 Å². The standard InChI is InChI=1S/C46H33N5/c1-31-12-11-16-36(30-49)46(31)40-19-7-9-20-42(40)50-43-27-34(29-48)22-24-38(43)37-17-6-5-15-35(37)14-4-3-13-32(2)51-44-21-10-8-18-39(44)41-26-33(28-47)23-25-45(41)51/h3-13,15-27,50H,14H2,1-2H3/b4-3-,32-13+. The van der Waals surface area contributed by atoms with E-state index >= 15 is 0 Å². The number of aryl methyl sites for hydroxylation is 1. The number of rotatable bonds is 8. The van der Waals surface area contributed by atoms with Gasteiger partial charge in [-0.15, -0.1) is 0 Å². The van der Waals surface area contributed by atoms with Crippen LogP contribution in [0.15, 0.2) is 146 Å². The van der Waals surface area contributed by atoms with Crippen LogP contribution in [0.5, 0.6) is 0 Å². The van der Waals surface area contributed by atoms with Crippen molar-refractivity contribution >= 4 is 38.9 Å². The van der Waals surface area contributed by atoms with E-state index in [0.717, 1.165) is 72.3 Å². The van der Waals surface area contributed by atoms with E-state index < -0.39 is 0 Å². The van der Waals surface area contributed by atoms with Crippen molar-refractivity contribution in [3.63, 3.8) is 0 Å². The Morgan fingerprint density at radius 2 is 1.35 bits per heavy atom. The molecule has 0 radical (unpaired) electrons. The number of allylic oxidation sites excluding steroid dienone is 4. The molecule has 51 heavy (non-hydrogen) atoms. The number of hydrogen-bond donors (Lipinski definition) is 1. The molecule has 1 heterocycles. The maximum absolute atomic E-state index is 9.92. The highest BCUT2D eigenvalue weighted by atomic mass is 15.0. The Morgan fingerprint density at radius 1 is 0.647 bits per heavy atom. The lowest BCUT2D eigenvalue weighted by Gasteiger charge is -2.19. The number of fused-ring (bicyclic) bond motifs is 3. The number of para-hydroxylation sites is 2. The fraction of sp³-hybridized carbons (Fsp3) is 0.0652. The predicted molar refractivity (Wildman–Crippen MR) is 208 cm³/mol. The summed E-state index contributed by atoms with van der Waals surface area (Å²) in [6.45, 7) is 4.12. The quantitative estimate of drug-likeness (QED) is 0.165. The number of anilines is 2. The van der Waals surface area contributed by atoms with Gasteiger partial charge in [-0.25, -0.2) is 0 Å². The summed E-state index contributed by atoms with van der Waals surface area (Å²) in [5, 5.41) is 35.1. The summed E-state index contributed by atoms with van der Waals surface area (Å²) in [7, 11) is 0. The topological polar surface area (TPSA) is 88.3 Å². The highest BCUT2D eigenvalue weighted by Crippen LogP contribution is 2.39. The van der Waals surface area contributed by atoms with Gasteiger partial charge in [0, 0.05) is 44.5 Å². The average Bonchev–Trinajstić information content (AvgIpc) is 3.50. The number of nitrogens with one attached hydrogen (secondary N) is 1. The lowest BCUT2D eigenvalue weighted by Crippen LogP contribution is -1.99. The van der Waals surface area contributed by atoms with Crippen molar-refractivity contribution in [3.8, 4) is 40.5 Å². The third kappa shape index (κ3) is 6.27. The van der Waals surface area contributed by atoms with Gasteiger partial charge in [0.05, 0.1) is 45.9 Å². The van der Waals surface area contributed by atoms with Crippen molar-refractivity contribution in [2.24, 2.45) is 0 Å². The van der Waals surface area contributed by atoms with Crippen LogP contribution < -0.4 is 5.32 Å². The van der Waals surface area contributed by atoms with Crippen molar-refractivity contribution in [1.29, 1.82) is 15.8 Å². The van der Waals surface area contributed by atoms with Gasteiger partial charge in [0.15, 0.2) is 0 Å². The first-order valence-corrected chi connectivity index (χ1v) is 16.8. The molecule has 0 atom stereocenters. The van der Waals surface area contributed by atoms with Crippen molar-refractivity contribution in [1.82, 2.24) is 4.57 Å². The fourth-order valence-corrected chi connectivity index (χ4v) is 6.89. The minimum absolute atomic E-state index is 0.555. The number of nitriles is 3. The van der Waals surface area contributed by atoms with E-state index in [1.54, 1.807) is 0 Å². The smallest absolute Gasteiger partial charge is 0.0998 e. The predicted octanol–water partition coefficient (Wildman–Crippen LogP) is 11.5. The number of hydrogen-bond acceptors (Lipinski definition) is 4. The van der Waals surface area contributed by atoms with Crippen LogP contribution >= 0.6 is 0 Å². The Kier molecular flexibility index (Phi) is 9.00. The first-order chi connectivity index (χ1) is 25.0. The molecule has 242 valence electrons. The molecule has 0 saturated carbocycles. The monoisotopic (exact) mass is 655 g/mol. The Labute approximate surface area is 297 Å². The third-order valence-electron chi connectivity index (χ3n) is 9.28. The average molecular weight is 656 g/mol. The van der Waals surface area contributed by atoms with Crippen LogP contribution in [-0.4, -0.2) is 4.57 Å². The van der Waals surface area contributed by atoms with Crippen LogP contribution in [0.4, 0.5) is 11.4 Å². The van der Waals surface area contributed by atoms with E-state index in [9.17, 15) is 15.8 Å². The molecular formula is C46H33N5. The Balaban J connectivity index is 1.22. The van der Waals surface area contributed by atoms with Crippen molar-refractivity contribution in [3.05, 3.63) is 173 Å². The molecule has 0 saturated heterocycles. The van der Waals surface area contributed by atoms with Gasteiger partial charge < -0.3 is 9.88 Å². The van der Waals surface area contributed by atoms with Gasteiger partial charge in [0.25, 0.3) is 0 Å². The number of nitrogens with zero attached hydrogens (tertiary/aromatic N) is 4. The summed E-state index contributed by atoms with van der Waals surface area (Å²) >= 11 is 0. The SMILES string of the molecule is C/C(=C\C=C/Cc1ccccc1-c1ccc(C#N)cc1Nc1ccccc1-c1c(C)cccc1C#N)n1c2ccccc2c2cc(C#N)ccc21. The maximum atomic E-state index is 9.92. The summed E-state index contributed by atoms with van der Waals surface area (Å²) in [6, 6.07) is 48.9. The van der Waals surface area contributed by atoms with Gasteiger partial charge in [-0.05, 0) is 91.6 Å². The largest absolute Gasteiger partial charge is 0.354 e. The van der Waals surface area contributed by atoms with E-state index in [0.29, 0.717) is 23.1 Å². The summed E-state index contributed by atoms with van der Waals surface area (Å²) in [5.74, 6) is 0. The maximum Gasteiger partial charge on any atom is 0.0998 e. The zero-order valence-electron chi connectivity index (χ0n) is 28.4. The van der Waals surface area contributed by atoms with Gasteiger partial charge in [0.2, 0.25) is 0 Å². The summed E-state index contributed by atoms with van der Waals surface area (Å²) < 4.78 is 2.24. The molecule has 0 spiro atoms. The van der Waals surface area contributed by atoms with E-state index in [1.807, 2.05) is 104 Å². The van der Waals surface area contributed by atoms with Crippen LogP contribution in [0.1, 0.15) is 34.7 Å². The van der Waals surface area contributed by atoms with E-state index in [4.69, 9.17) is 0 Å². The molecule has 1 aromatic heterocycles. The zero-order chi connectivity index (χ0) is 35.3. The fourth-order valence-electron chi connectivity index (χ4n) is 6.89. The van der Waals surface area contributed by atoms with E-state index in [2.05, 4.69) is 83.6 Å². The lowest BCUT2D eigenvalue weighted by molar-refractivity contribution is 1.20. The molecule has 0 unspecified atom stereocenters. The summed E-state index contributed by atoms with van der Waals surface area (Å²) in [6.07, 6.45) is 7.08. The Hall–Kier alpha value is -7.13. The van der Waals surface area contributed by atoms with Gasteiger partial charge in [-0.2, -0.15) is 15.8 Å². The molecule has 0 fully saturated rings. The molecular weight excluding hydrogens is 623 g/mol. The molecule has 0 bridgehead atoms. The molecule has 0 aliphatic heterocycles. The number of aromatic nitrogens is 1. The van der Waals surface area contributed by atoms with E-state index in [1.165, 1.54) is 0 Å². The van der Waals surface area contributed by atoms with Crippen LogP contribution in [0.25, 0.3) is 49.8 Å². The van der Waals surface area contributed by atoms with Gasteiger partial charge in [-0.3, -0.25) is 0 Å². The second-order valence-electron chi connectivity index (χ2n) is 12.4. The molecule has 0 aliphatic rings. The van der Waals surface area contributed by atoms with Crippen LogP contribution in [0.2, 0.25) is 0 Å². The minimum atomic E-state index is 0.555. The molecule has 6 aromatic carbocycles. The molecule has 7 aromatic rings. The minimum Gasteiger partial charge on any atom is -0.354 e. The van der Waals surface area contributed by atoms with Crippen molar-refractivity contribution in [2.75, 3.05) is 5.32 Å². The first kappa shape index (κ1) is 32.4. The molecule has 1 N–H and O–H groups in total. The second kappa shape index (κ2) is 14.2. The molecule has 5 heteroatoms. The summed E-state index contributed by atoms with van der Waals surface area (Å²) in [5.41, 5.74) is 12.7. The van der Waals surface area contributed by atoms with Gasteiger partial charge >= 0.3 is 0 Å². The highest BCUT2D eigenvalue weighted by molar-refractivity contribution is 6.10. The zero-order valence-corrected chi connectivity index (χ0v) is 28.4. The Bertz CT molecular complexity index is 2650. The third-order valence-corrected chi connectivity index (χ3v) is 9.28. The molecule has 0 amide bonds. The van der Waals surface area contributed by atoms with E-state index in [-0.39, 0.29) is 0 Å². The lowest BCUT2D eigenvalue weighted by atomic mass is 9.93.